The molecule has 4 aliphatic carbocycles. The van der Waals surface area contributed by atoms with Crippen molar-refractivity contribution in [2.75, 3.05) is 5.73 Å². The van der Waals surface area contributed by atoms with Gasteiger partial charge in [0, 0.05) is 44.4 Å². The first-order valence-corrected chi connectivity index (χ1v) is 18.2. The van der Waals surface area contributed by atoms with Gasteiger partial charge >= 0.3 is 0 Å². The maximum absolute atomic E-state index is 14.3. The average Bonchev–Trinajstić information content (AvgIpc) is 3.84. The van der Waals surface area contributed by atoms with E-state index in [0.717, 1.165) is 40.9 Å². The average molecular weight is 699 g/mol. The maximum Gasteiger partial charge on any atom is 0.249 e. The number of nitrogens with zero attached hydrogens (tertiary/aromatic N) is 5. The van der Waals surface area contributed by atoms with Gasteiger partial charge in [0.2, 0.25) is 17.7 Å². The highest BCUT2D eigenvalue weighted by Gasteiger charge is 2.51. The summed E-state index contributed by atoms with van der Waals surface area (Å²) < 4.78 is 7.67. The molecule has 0 spiro atoms. The molecule has 1 aromatic carbocycles. The summed E-state index contributed by atoms with van der Waals surface area (Å²) in [7, 11) is 0. The van der Waals surface area contributed by atoms with Crippen molar-refractivity contribution in [1.82, 2.24) is 40.3 Å². The molecule has 0 unspecified atom stereocenters. The van der Waals surface area contributed by atoms with E-state index in [9.17, 15) is 14.7 Å². The van der Waals surface area contributed by atoms with Gasteiger partial charge in [0.1, 0.15) is 17.8 Å². The number of rotatable bonds is 15. The van der Waals surface area contributed by atoms with Crippen molar-refractivity contribution < 1.29 is 19.2 Å². The maximum atomic E-state index is 14.3. The van der Waals surface area contributed by atoms with Crippen LogP contribution in [0, 0.1) is 37.0 Å². The van der Waals surface area contributed by atoms with Crippen LogP contribution in [0.5, 0.6) is 5.75 Å². The molecule has 51 heavy (non-hydrogen) atoms. The number of carbonyl (C=O) groups excluding carboxylic acids is 2. The predicted octanol–water partition coefficient (Wildman–Crippen LogP) is 3.59. The van der Waals surface area contributed by atoms with Gasteiger partial charge in [-0.1, -0.05) is 5.16 Å². The van der Waals surface area contributed by atoms with Gasteiger partial charge in [0.15, 0.2) is 11.8 Å². The number of aromatic nitrogens is 6. The van der Waals surface area contributed by atoms with Gasteiger partial charge in [-0.3, -0.25) is 9.59 Å². The molecule has 0 radical (unpaired) electrons. The summed E-state index contributed by atoms with van der Waals surface area (Å²) >= 11 is 0. The zero-order chi connectivity index (χ0) is 35.7. The van der Waals surface area contributed by atoms with Crippen LogP contribution < -0.4 is 22.1 Å². The lowest BCUT2D eigenvalue weighted by Crippen LogP contribution is -2.53. The number of amides is 2. The molecule has 0 aliphatic heterocycles. The molecule has 4 aromatic rings. The number of nitrogens with two attached hydrogens (primary N) is 2. The minimum atomic E-state index is -0.981. The lowest BCUT2D eigenvalue weighted by Gasteiger charge is -2.56. The number of phenols is 1. The predicted molar refractivity (Wildman–Crippen MR) is 189 cm³/mol. The molecule has 272 valence electrons. The Labute approximate surface area is 297 Å². The van der Waals surface area contributed by atoms with E-state index in [4.69, 9.17) is 21.0 Å². The number of phenolic OH excluding ortho intramolecular Hbond substituents is 1. The van der Waals surface area contributed by atoms with E-state index in [2.05, 4.69) is 30.7 Å². The molecule has 2 amide bonds. The third-order valence-electron chi connectivity index (χ3n) is 11.5. The van der Waals surface area contributed by atoms with Crippen molar-refractivity contribution in [3.8, 4) is 5.75 Å². The fourth-order valence-electron chi connectivity index (χ4n) is 9.53. The van der Waals surface area contributed by atoms with E-state index in [1.54, 1.807) is 41.6 Å². The monoisotopic (exact) mass is 698 g/mol. The number of imidazole rings is 2. The fourth-order valence-corrected chi connectivity index (χ4v) is 9.53. The molecule has 3 aromatic heterocycles. The van der Waals surface area contributed by atoms with Crippen LogP contribution in [0.3, 0.4) is 0 Å². The first-order chi connectivity index (χ1) is 24.5. The Balaban J connectivity index is 1.08. The number of aromatic amines is 1. The number of benzene rings is 1. The summed E-state index contributed by atoms with van der Waals surface area (Å²) in [6.45, 7) is 4.31. The van der Waals surface area contributed by atoms with E-state index < -0.39 is 29.9 Å². The zero-order valence-corrected chi connectivity index (χ0v) is 29.5. The normalized spacial score (nSPS) is 23.9. The van der Waals surface area contributed by atoms with Gasteiger partial charge in [-0.15, -0.1) is 0 Å². The van der Waals surface area contributed by atoms with Crippen molar-refractivity contribution in [2.45, 2.75) is 109 Å². The lowest BCUT2D eigenvalue weighted by atomic mass is 9.49. The van der Waals surface area contributed by atoms with E-state index in [-0.39, 0.29) is 17.6 Å². The lowest BCUT2D eigenvalue weighted by molar-refractivity contribution is -0.130. The molecular formula is C37H50N10O4. The second-order valence-electron chi connectivity index (χ2n) is 15.5. The smallest absolute Gasteiger partial charge is 0.249 e. The molecule has 14 nitrogen and oxygen atoms in total. The summed E-state index contributed by atoms with van der Waals surface area (Å²) in [6, 6.07) is 0.781. The van der Waals surface area contributed by atoms with Crippen molar-refractivity contribution in [2.24, 2.45) is 28.9 Å². The number of hydrogen-bond donors (Lipinski definition) is 6. The van der Waals surface area contributed by atoms with Crippen molar-refractivity contribution in [1.29, 1.82) is 0 Å². The van der Waals surface area contributed by atoms with Crippen LogP contribution >= 0.6 is 0 Å². The zero-order valence-electron chi connectivity index (χ0n) is 29.5. The van der Waals surface area contributed by atoms with Gasteiger partial charge in [0.05, 0.1) is 18.1 Å². The van der Waals surface area contributed by atoms with E-state index in [0.29, 0.717) is 49.2 Å². The Morgan fingerprint density at radius 2 is 1.76 bits per heavy atom. The molecule has 3 heterocycles. The minimum absolute atomic E-state index is 0.138. The van der Waals surface area contributed by atoms with Crippen molar-refractivity contribution >= 4 is 17.8 Å². The van der Waals surface area contributed by atoms with Crippen molar-refractivity contribution in [3.63, 3.8) is 0 Å². The standard InChI is InChI=1S/C37H50N10O4/c1-21-8-27(48)9-22(2)28(21)14-30(43-33(49)29(38)4-3-6-47-7-5-41-36(47)39)34(50)44-31(13-26-19-40-20-42-26)35-45-32(46-51-35)18-37-15-23-10-24(16-37)12-25(11-23)17-37/h5,7-9,19-20,23-25,29-31,48H,3-4,6,10-18,38H2,1-2H3,(H2,39,41)(H,40,42)(H,43,49)(H,44,50)/t23?,24?,25?,29-,30+,31+,37?/m1/s1. The van der Waals surface area contributed by atoms with Gasteiger partial charge in [0.25, 0.3) is 0 Å². The molecule has 8 rings (SSSR count). The highest BCUT2D eigenvalue weighted by atomic mass is 16.5. The molecule has 8 N–H and O–H groups in total. The first-order valence-electron chi connectivity index (χ1n) is 18.2. The Bertz CT molecular complexity index is 1770. The number of hydrogen-bond acceptors (Lipinski definition) is 10. The topological polar surface area (TPSA) is 216 Å². The number of carbonyl (C=O) groups is 2. The number of anilines is 1. The number of nitrogens with one attached hydrogen (secondary N) is 3. The van der Waals surface area contributed by atoms with Crippen LogP contribution in [0.25, 0.3) is 0 Å². The molecule has 14 heteroatoms. The highest BCUT2D eigenvalue weighted by Crippen LogP contribution is 2.60. The van der Waals surface area contributed by atoms with Crippen molar-refractivity contribution in [3.05, 3.63) is 71.1 Å². The van der Waals surface area contributed by atoms with Crippen LogP contribution in [0.1, 0.15) is 91.5 Å². The van der Waals surface area contributed by atoms with Crippen LogP contribution in [0.15, 0.2) is 41.6 Å². The van der Waals surface area contributed by atoms with Crippen LogP contribution in [0.4, 0.5) is 5.95 Å². The molecule has 4 saturated carbocycles. The Kier molecular flexibility index (Phi) is 9.86. The second-order valence-corrected chi connectivity index (χ2v) is 15.5. The summed E-state index contributed by atoms with van der Waals surface area (Å²) in [6.07, 6.45) is 16.8. The molecular weight excluding hydrogens is 648 g/mol. The molecule has 4 fully saturated rings. The van der Waals surface area contributed by atoms with E-state index >= 15 is 0 Å². The largest absolute Gasteiger partial charge is 0.508 e. The second kappa shape index (κ2) is 14.5. The van der Waals surface area contributed by atoms with Gasteiger partial charge in [-0.2, -0.15) is 4.98 Å². The Hall–Kier alpha value is -4.72. The third-order valence-corrected chi connectivity index (χ3v) is 11.5. The van der Waals surface area contributed by atoms with Gasteiger partial charge in [-0.05, 0) is 117 Å². The highest BCUT2D eigenvalue weighted by molar-refractivity contribution is 5.90. The summed E-state index contributed by atoms with van der Waals surface area (Å²) in [5.74, 6) is 3.09. The fraction of sp³-hybridized carbons (Fsp3) is 0.568. The number of aromatic hydroxyl groups is 1. The molecule has 0 saturated heterocycles. The van der Waals surface area contributed by atoms with Crippen LogP contribution in [-0.2, 0) is 35.4 Å². The van der Waals surface area contributed by atoms with E-state index in [1.165, 1.54) is 38.5 Å². The van der Waals surface area contributed by atoms with E-state index in [1.807, 2.05) is 13.8 Å². The van der Waals surface area contributed by atoms with Gasteiger partial charge in [-0.25, -0.2) is 9.97 Å². The Morgan fingerprint density at radius 1 is 1.06 bits per heavy atom. The van der Waals surface area contributed by atoms with Gasteiger partial charge < -0.3 is 41.3 Å². The number of aryl methyl sites for hydroxylation is 3. The molecule has 4 bridgehead atoms. The number of nitrogen functional groups attached to an aromatic ring is 1. The molecule has 3 atom stereocenters. The summed E-state index contributed by atoms with van der Waals surface area (Å²) in [5.41, 5.74) is 15.6. The number of H-pyrrole nitrogens is 1. The Morgan fingerprint density at radius 3 is 2.39 bits per heavy atom. The minimum Gasteiger partial charge on any atom is -0.508 e. The van der Waals surface area contributed by atoms with Crippen LogP contribution in [-0.4, -0.2) is 58.7 Å². The first kappa shape index (κ1) is 34.7. The molecule has 4 aliphatic rings. The SMILES string of the molecule is Cc1cc(O)cc(C)c1C[C@H](NC(=O)[C@H](N)CCCn1ccnc1N)C(=O)N[C@@H](Cc1c[nH]cn1)c1nc(CC23CC4CC(CC(C4)C2)C3)no1. The summed E-state index contributed by atoms with van der Waals surface area (Å²) in [5, 5.41) is 20.6. The summed E-state index contributed by atoms with van der Waals surface area (Å²) in [4.78, 5) is 44.0. The quantitative estimate of drug-likeness (QED) is 0.106. The third kappa shape index (κ3) is 7.95. The van der Waals surface area contributed by atoms with Crippen LogP contribution in [0.2, 0.25) is 0 Å².